The first-order chi connectivity index (χ1) is 9.24. The first-order valence-electron chi connectivity index (χ1n) is 7.14. The first kappa shape index (κ1) is 14.4. The van der Waals surface area contributed by atoms with Crippen molar-refractivity contribution in [2.24, 2.45) is 0 Å². The highest BCUT2D eigenvalue weighted by Gasteiger charge is 2.27. The van der Waals surface area contributed by atoms with Gasteiger partial charge in [-0.1, -0.05) is 6.92 Å². The molecule has 0 amide bonds. The highest BCUT2D eigenvalue weighted by atomic mass is 16.5. The van der Waals surface area contributed by atoms with Gasteiger partial charge in [0, 0.05) is 32.1 Å². The van der Waals surface area contributed by atoms with Crippen molar-refractivity contribution in [3.05, 3.63) is 12.2 Å². The smallest absolute Gasteiger partial charge is 0.138 e. The number of nitrogens with zero attached hydrogens (tertiary/aromatic N) is 4. The first-order valence-corrected chi connectivity index (χ1v) is 7.14. The minimum absolute atomic E-state index is 0.223. The van der Waals surface area contributed by atoms with Crippen LogP contribution < -0.4 is 5.32 Å². The van der Waals surface area contributed by atoms with Gasteiger partial charge in [-0.15, -0.1) is 0 Å². The Balaban J connectivity index is 2.03. The summed E-state index contributed by atoms with van der Waals surface area (Å²) >= 11 is 0. The fourth-order valence-corrected chi connectivity index (χ4v) is 2.56. The van der Waals surface area contributed by atoms with E-state index in [4.69, 9.17) is 4.74 Å². The minimum Gasteiger partial charge on any atom is -0.374 e. The maximum Gasteiger partial charge on any atom is 0.138 e. The van der Waals surface area contributed by atoms with Gasteiger partial charge in [-0.25, -0.2) is 4.98 Å². The molecule has 1 aromatic rings. The van der Waals surface area contributed by atoms with Gasteiger partial charge >= 0.3 is 0 Å². The summed E-state index contributed by atoms with van der Waals surface area (Å²) in [6.45, 7) is 8.81. The molecule has 1 aromatic heterocycles. The van der Waals surface area contributed by atoms with Crippen LogP contribution in [0.5, 0.6) is 0 Å². The topological polar surface area (TPSA) is 55.2 Å². The Morgan fingerprint density at radius 1 is 1.53 bits per heavy atom. The molecule has 1 fully saturated rings. The Labute approximate surface area is 115 Å². The molecule has 2 atom stereocenters. The number of nitrogens with one attached hydrogen (secondary N) is 1. The summed E-state index contributed by atoms with van der Waals surface area (Å²) in [6, 6.07) is 0.294. The molecular formula is C13H25N5O. The zero-order chi connectivity index (χ0) is 13.7. The van der Waals surface area contributed by atoms with Crippen molar-refractivity contribution in [1.82, 2.24) is 25.0 Å². The average molecular weight is 267 g/mol. The fourth-order valence-electron chi connectivity index (χ4n) is 2.56. The van der Waals surface area contributed by atoms with E-state index >= 15 is 0 Å². The molecular weight excluding hydrogens is 242 g/mol. The van der Waals surface area contributed by atoms with Crippen molar-refractivity contribution in [3.8, 4) is 0 Å². The van der Waals surface area contributed by atoms with Crippen LogP contribution in [0.3, 0.4) is 0 Å². The Kier molecular flexibility index (Phi) is 5.30. The van der Waals surface area contributed by atoms with Gasteiger partial charge in [-0.2, -0.15) is 5.10 Å². The third kappa shape index (κ3) is 3.75. The van der Waals surface area contributed by atoms with Crippen molar-refractivity contribution < 1.29 is 4.74 Å². The summed E-state index contributed by atoms with van der Waals surface area (Å²) in [4.78, 5) is 6.69. The number of ether oxygens (including phenoxy) is 1. The van der Waals surface area contributed by atoms with E-state index in [1.165, 1.54) is 0 Å². The molecule has 0 saturated carbocycles. The van der Waals surface area contributed by atoms with E-state index in [9.17, 15) is 0 Å². The van der Waals surface area contributed by atoms with Crippen LogP contribution in [0.25, 0.3) is 0 Å². The predicted octanol–water partition coefficient (Wildman–Crippen LogP) is 0.149. The lowest BCUT2D eigenvalue weighted by atomic mass is 10.1. The van der Waals surface area contributed by atoms with Gasteiger partial charge < -0.3 is 15.0 Å². The van der Waals surface area contributed by atoms with E-state index in [2.05, 4.69) is 41.2 Å². The second-order valence-electron chi connectivity index (χ2n) is 5.03. The van der Waals surface area contributed by atoms with E-state index in [1.54, 1.807) is 6.33 Å². The van der Waals surface area contributed by atoms with E-state index in [0.29, 0.717) is 6.04 Å². The lowest BCUT2D eigenvalue weighted by Gasteiger charge is -2.35. The molecule has 2 unspecified atom stereocenters. The second-order valence-corrected chi connectivity index (χ2v) is 5.03. The zero-order valence-corrected chi connectivity index (χ0v) is 12.2. The Hall–Kier alpha value is -0.980. The molecule has 1 aliphatic rings. The van der Waals surface area contributed by atoms with Gasteiger partial charge in [-0.05, 0) is 20.5 Å². The van der Waals surface area contributed by atoms with E-state index in [-0.39, 0.29) is 6.10 Å². The number of likely N-dealkylation sites (N-methyl/N-ethyl adjacent to an activating group) is 2. The van der Waals surface area contributed by atoms with Crippen LogP contribution in [0.15, 0.2) is 6.33 Å². The van der Waals surface area contributed by atoms with E-state index in [1.807, 2.05) is 4.68 Å². The summed E-state index contributed by atoms with van der Waals surface area (Å²) in [5.41, 5.74) is 0. The van der Waals surface area contributed by atoms with Gasteiger partial charge in [0.2, 0.25) is 0 Å². The number of aryl methyl sites for hydroxylation is 1. The van der Waals surface area contributed by atoms with Crippen LogP contribution in [0, 0.1) is 0 Å². The van der Waals surface area contributed by atoms with Crippen molar-refractivity contribution in [3.63, 3.8) is 0 Å². The monoisotopic (exact) mass is 267 g/mol. The normalized spacial score (nSPS) is 22.6. The molecule has 6 heteroatoms. The number of hydrogen-bond donors (Lipinski definition) is 1. The number of morpholine rings is 1. The largest absolute Gasteiger partial charge is 0.374 e. The molecule has 0 radical (unpaired) electrons. The zero-order valence-electron chi connectivity index (χ0n) is 12.2. The Bertz CT molecular complexity index is 381. The summed E-state index contributed by atoms with van der Waals surface area (Å²) in [7, 11) is 2.15. The third-order valence-electron chi connectivity index (χ3n) is 3.61. The summed E-state index contributed by atoms with van der Waals surface area (Å²) < 4.78 is 7.88. The van der Waals surface area contributed by atoms with Gasteiger partial charge in [0.05, 0.1) is 12.7 Å². The van der Waals surface area contributed by atoms with Gasteiger partial charge in [-0.3, -0.25) is 4.68 Å². The molecule has 2 rings (SSSR count). The molecule has 0 spiro atoms. The van der Waals surface area contributed by atoms with Gasteiger partial charge in [0.15, 0.2) is 0 Å². The quantitative estimate of drug-likeness (QED) is 0.795. The van der Waals surface area contributed by atoms with E-state index in [0.717, 1.165) is 45.0 Å². The highest BCUT2D eigenvalue weighted by Crippen LogP contribution is 2.11. The standard InChI is InChI=1S/C13H25N5O/c1-4-14-11(12-9-17(3)6-7-19-12)8-13-15-10-16-18(13)5-2/h10-12,14H,4-9H2,1-3H3. The summed E-state index contributed by atoms with van der Waals surface area (Å²) in [5.74, 6) is 1.03. The fraction of sp³-hybridized carbons (Fsp3) is 0.846. The maximum atomic E-state index is 5.92. The second kappa shape index (κ2) is 6.98. The van der Waals surface area contributed by atoms with Gasteiger partial charge in [0.25, 0.3) is 0 Å². The molecule has 0 aliphatic carbocycles. The van der Waals surface area contributed by atoms with Crippen LogP contribution in [0.4, 0.5) is 0 Å². The van der Waals surface area contributed by atoms with Crippen molar-refractivity contribution in [2.75, 3.05) is 33.3 Å². The molecule has 19 heavy (non-hydrogen) atoms. The van der Waals surface area contributed by atoms with Crippen LogP contribution in [-0.2, 0) is 17.7 Å². The molecule has 108 valence electrons. The van der Waals surface area contributed by atoms with Crippen LogP contribution in [0.1, 0.15) is 19.7 Å². The number of aromatic nitrogens is 3. The third-order valence-corrected chi connectivity index (χ3v) is 3.61. The van der Waals surface area contributed by atoms with Crippen molar-refractivity contribution in [2.45, 2.75) is 39.0 Å². The molecule has 0 bridgehead atoms. The molecule has 2 heterocycles. The number of hydrogen-bond acceptors (Lipinski definition) is 5. The summed E-state index contributed by atoms with van der Waals surface area (Å²) in [5, 5.41) is 7.76. The molecule has 1 saturated heterocycles. The lowest BCUT2D eigenvalue weighted by molar-refractivity contribution is -0.0386. The number of rotatable bonds is 6. The molecule has 1 N–H and O–H groups in total. The lowest BCUT2D eigenvalue weighted by Crippen LogP contribution is -2.52. The highest BCUT2D eigenvalue weighted by molar-refractivity contribution is 4.94. The minimum atomic E-state index is 0.223. The molecule has 0 aromatic carbocycles. The predicted molar refractivity (Wildman–Crippen MR) is 74.1 cm³/mol. The van der Waals surface area contributed by atoms with Crippen LogP contribution in [0.2, 0.25) is 0 Å². The van der Waals surface area contributed by atoms with Crippen LogP contribution >= 0.6 is 0 Å². The Morgan fingerprint density at radius 2 is 2.37 bits per heavy atom. The average Bonchev–Trinajstić information content (AvgIpc) is 2.85. The SMILES string of the molecule is CCNC(Cc1ncnn1CC)C1CN(C)CCO1. The Morgan fingerprint density at radius 3 is 3.05 bits per heavy atom. The van der Waals surface area contributed by atoms with Gasteiger partial charge in [0.1, 0.15) is 12.2 Å². The summed E-state index contributed by atoms with van der Waals surface area (Å²) in [6.07, 6.45) is 2.72. The van der Waals surface area contributed by atoms with E-state index < -0.39 is 0 Å². The molecule has 1 aliphatic heterocycles. The maximum absolute atomic E-state index is 5.92. The van der Waals surface area contributed by atoms with Crippen LogP contribution in [-0.4, -0.2) is 65.1 Å². The van der Waals surface area contributed by atoms with Crippen molar-refractivity contribution >= 4 is 0 Å². The van der Waals surface area contributed by atoms with Crippen molar-refractivity contribution in [1.29, 1.82) is 0 Å². The molecule has 6 nitrogen and oxygen atoms in total.